The molecule has 0 aromatic carbocycles. The van der Waals surface area contributed by atoms with Gasteiger partial charge in [0, 0.05) is 11.6 Å². The van der Waals surface area contributed by atoms with Crippen LogP contribution in [0, 0.1) is 0 Å². The molecule has 0 amide bonds. The monoisotopic (exact) mass is 269 g/mol. The lowest BCUT2D eigenvalue weighted by Crippen LogP contribution is -2.48. The Bertz CT molecular complexity index is 298. The van der Waals surface area contributed by atoms with E-state index in [9.17, 15) is 0 Å². The fraction of sp³-hybridized carbons (Fsp3) is 1.00. The average molecular weight is 269 g/mol. The van der Waals surface area contributed by atoms with Crippen LogP contribution in [0.5, 0.6) is 0 Å². The van der Waals surface area contributed by atoms with Gasteiger partial charge in [0.05, 0.1) is 24.9 Å². The number of nitrogens with zero attached hydrogens (tertiary/aromatic N) is 1. The molecule has 19 heavy (non-hydrogen) atoms. The van der Waals surface area contributed by atoms with E-state index in [4.69, 9.17) is 9.47 Å². The smallest absolute Gasteiger partial charge is 0.0654 e. The maximum Gasteiger partial charge on any atom is 0.0654 e. The molecule has 112 valence electrons. The minimum atomic E-state index is -0.0284. The molecular weight excluding hydrogens is 238 g/mol. The topological polar surface area (TPSA) is 21.7 Å². The first-order valence-corrected chi connectivity index (χ1v) is 7.85. The first-order chi connectivity index (χ1) is 8.82. The van der Waals surface area contributed by atoms with Crippen molar-refractivity contribution in [1.29, 1.82) is 0 Å². The summed E-state index contributed by atoms with van der Waals surface area (Å²) in [4.78, 5) is 2.68. The molecule has 2 heterocycles. The summed E-state index contributed by atoms with van der Waals surface area (Å²) >= 11 is 0. The molecule has 3 heteroatoms. The summed E-state index contributed by atoms with van der Waals surface area (Å²) in [5.41, 5.74) is 0.287. The first kappa shape index (κ1) is 15.3. The van der Waals surface area contributed by atoms with Crippen molar-refractivity contribution in [3.05, 3.63) is 0 Å². The molecule has 2 atom stereocenters. The second kappa shape index (κ2) is 5.71. The van der Waals surface area contributed by atoms with E-state index in [1.54, 1.807) is 0 Å². The molecule has 0 aliphatic carbocycles. The second-order valence-electron chi connectivity index (χ2n) is 7.50. The van der Waals surface area contributed by atoms with Crippen molar-refractivity contribution in [1.82, 2.24) is 4.90 Å². The van der Waals surface area contributed by atoms with Gasteiger partial charge in [0.1, 0.15) is 0 Å². The molecule has 2 unspecified atom stereocenters. The van der Waals surface area contributed by atoms with E-state index in [1.165, 1.54) is 32.2 Å². The Hall–Kier alpha value is -0.120. The van der Waals surface area contributed by atoms with Crippen LogP contribution in [-0.2, 0) is 9.47 Å². The van der Waals surface area contributed by atoms with Crippen molar-refractivity contribution in [2.45, 2.75) is 83.6 Å². The third-order valence-corrected chi connectivity index (χ3v) is 4.43. The summed E-state index contributed by atoms with van der Waals surface area (Å²) in [6.07, 6.45) is 5.48. The maximum absolute atomic E-state index is 6.01. The Morgan fingerprint density at radius 2 is 2.00 bits per heavy atom. The van der Waals surface area contributed by atoms with E-state index in [-0.39, 0.29) is 5.60 Å². The van der Waals surface area contributed by atoms with Gasteiger partial charge in [-0.15, -0.1) is 0 Å². The lowest BCUT2D eigenvalue weighted by molar-refractivity contribution is -0.0486. The van der Waals surface area contributed by atoms with E-state index in [0.29, 0.717) is 17.7 Å². The molecule has 0 spiro atoms. The van der Waals surface area contributed by atoms with E-state index in [1.807, 2.05) is 0 Å². The predicted octanol–water partition coefficient (Wildman–Crippen LogP) is 3.22. The minimum Gasteiger partial charge on any atom is -0.377 e. The van der Waals surface area contributed by atoms with Gasteiger partial charge in [-0.3, -0.25) is 4.90 Å². The Balaban J connectivity index is 1.92. The number of hydrogen-bond acceptors (Lipinski definition) is 3. The van der Waals surface area contributed by atoms with Crippen molar-refractivity contribution < 1.29 is 9.47 Å². The molecule has 2 rings (SSSR count). The van der Waals surface area contributed by atoms with Gasteiger partial charge in [-0.2, -0.15) is 0 Å². The van der Waals surface area contributed by atoms with Crippen LogP contribution >= 0.6 is 0 Å². The molecule has 0 bridgehead atoms. The highest BCUT2D eigenvalue weighted by Crippen LogP contribution is 2.43. The van der Waals surface area contributed by atoms with Crippen molar-refractivity contribution in [2.75, 3.05) is 19.8 Å². The number of hydrogen-bond donors (Lipinski definition) is 0. The Labute approximate surface area is 118 Å². The van der Waals surface area contributed by atoms with Gasteiger partial charge in [0.2, 0.25) is 0 Å². The van der Waals surface area contributed by atoms with Gasteiger partial charge in [-0.05, 0) is 66.8 Å². The summed E-state index contributed by atoms with van der Waals surface area (Å²) in [6.45, 7) is 13.7. The zero-order valence-corrected chi connectivity index (χ0v) is 13.4. The maximum atomic E-state index is 6.01. The summed E-state index contributed by atoms with van der Waals surface area (Å²) in [5, 5.41) is 0. The molecule has 0 aromatic heterocycles. The summed E-state index contributed by atoms with van der Waals surface area (Å²) in [5.74, 6) is 0. The molecular formula is C16H31NO2. The van der Waals surface area contributed by atoms with Crippen LogP contribution in [-0.4, -0.2) is 47.9 Å². The van der Waals surface area contributed by atoms with E-state index in [0.717, 1.165) is 13.2 Å². The van der Waals surface area contributed by atoms with E-state index < -0.39 is 0 Å². The average Bonchev–Trinajstić information content (AvgIpc) is 2.81. The molecule has 2 aliphatic rings. The normalized spacial score (nSPS) is 32.2. The van der Waals surface area contributed by atoms with Gasteiger partial charge in [-0.1, -0.05) is 0 Å². The van der Waals surface area contributed by atoms with Crippen LogP contribution in [0.25, 0.3) is 0 Å². The zero-order chi connectivity index (χ0) is 14.1. The first-order valence-electron chi connectivity index (χ1n) is 7.85. The molecule has 0 aromatic rings. The van der Waals surface area contributed by atoms with Crippen molar-refractivity contribution in [3.63, 3.8) is 0 Å². The van der Waals surface area contributed by atoms with Gasteiger partial charge >= 0.3 is 0 Å². The van der Waals surface area contributed by atoms with Crippen LogP contribution in [0.1, 0.15) is 60.3 Å². The van der Waals surface area contributed by atoms with Gasteiger partial charge in [0.15, 0.2) is 0 Å². The summed E-state index contributed by atoms with van der Waals surface area (Å²) in [7, 11) is 0. The quantitative estimate of drug-likeness (QED) is 0.765. The third-order valence-electron chi connectivity index (χ3n) is 4.43. The van der Waals surface area contributed by atoms with Gasteiger partial charge in [0.25, 0.3) is 0 Å². The highest BCUT2D eigenvalue weighted by atomic mass is 16.5. The molecule has 0 radical (unpaired) electrons. The summed E-state index contributed by atoms with van der Waals surface area (Å²) < 4.78 is 12.0. The molecule has 0 saturated carbocycles. The number of rotatable bonds is 5. The van der Waals surface area contributed by atoms with E-state index in [2.05, 4.69) is 39.5 Å². The van der Waals surface area contributed by atoms with Crippen LogP contribution < -0.4 is 0 Å². The lowest BCUT2D eigenvalue weighted by atomic mass is 9.95. The zero-order valence-electron chi connectivity index (χ0n) is 13.4. The van der Waals surface area contributed by atoms with Crippen LogP contribution in [0.4, 0.5) is 0 Å². The third kappa shape index (κ3) is 3.71. The predicted molar refractivity (Wildman–Crippen MR) is 78.5 cm³/mol. The van der Waals surface area contributed by atoms with Gasteiger partial charge in [-0.25, -0.2) is 0 Å². The number of ether oxygens (including phenoxy) is 2. The molecule has 2 saturated heterocycles. The standard InChI is InChI=1S/C16H31NO2/c1-13(2)18-12-16-8-6-10-17(16)14(7-9-16)11-19-15(3,4)5/h13-14H,6-12H2,1-5H3. The van der Waals surface area contributed by atoms with Crippen molar-refractivity contribution >= 4 is 0 Å². The molecule has 3 nitrogen and oxygen atoms in total. The highest BCUT2D eigenvalue weighted by Gasteiger charge is 2.49. The molecule has 2 fully saturated rings. The Morgan fingerprint density at radius 1 is 1.26 bits per heavy atom. The van der Waals surface area contributed by atoms with Crippen LogP contribution in [0.2, 0.25) is 0 Å². The fourth-order valence-corrected chi connectivity index (χ4v) is 3.46. The summed E-state index contributed by atoms with van der Waals surface area (Å²) in [6, 6.07) is 0.595. The lowest BCUT2D eigenvalue weighted by Gasteiger charge is -2.36. The highest BCUT2D eigenvalue weighted by molar-refractivity contribution is 5.04. The Morgan fingerprint density at radius 3 is 2.63 bits per heavy atom. The van der Waals surface area contributed by atoms with E-state index >= 15 is 0 Å². The molecule has 2 aliphatic heterocycles. The number of fused-ring (bicyclic) bond motifs is 1. The SMILES string of the molecule is CC(C)OCC12CCCN1C(COC(C)(C)C)CC2. The van der Waals surface area contributed by atoms with Crippen molar-refractivity contribution in [3.8, 4) is 0 Å². The van der Waals surface area contributed by atoms with Gasteiger partial charge < -0.3 is 9.47 Å². The minimum absolute atomic E-state index is 0.0284. The van der Waals surface area contributed by atoms with Crippen LogP contribution in [0.15, 0.2) is 0 Å². The van der Waals surface area contributed by atoms with Crippen molar-refractivity contribution in [2.24, 2.45) is 0 Å². The Kier molecular flexibility index (Phi) is 4.59. The van der Waals surface area contributed by atoms with Crippen LogP contribution in [0.3, 0.4) is 0 Å². The fourth-order valence-electron chi connectivity index (χ4n) is 3.46. The largest absolute Gasteiger partial charge is 0.377 e. The molecule has 0 N–H and O–H groups in total. The second-order valence-corrected chi connectivity index (χ2v) is 7.50.